The van der Waals surface area contributed by atoms with Gasteiger partial charge in [0.15, 0.2) is 5.82 Å². The standard InChI is InChI=1S/C11H11FN4O2/c1-2-3-15-7-13-14-11(15)8-4-9(12)6-10(5-8)16(17)18/h4-7H,2-3H2,1H3. The molecule has 0 saturated heterocycles. The first-order chi connectivity index (χ1) is 8.61. The normalized spacial score (nSPS) is 10.6. The van der Waals surface area contributed by atoms with Gasteiger partial charge in [-0.1, -0.05) is 6.92 Å². The number of hydrogen-bond acceptors (Lipinski definition) is 4. The summed E-state index contributed by atoms with van der Waals surface area (Å²) in [5, 5.41) is 18.3. The SMILES string of the molecule is CCCn1cnnc1-c1cc(F)cc([N+](=O)[O-])c1. The molecule has 1 heterocycles. The monoisotopic (exact) mass is 250 g/mol. The van der Waals surface area contributed by atoms with Gasteiger partial charge in [-0.15, -0.1) is 10.2 Å². The van der Waals surface area contributed by atoms with E-state index < -0.39 is 10.7 Å². The minimum Gasteiger partial charge on any atom is -0.314 e. The highest BCUT2D eigenvalue weighted by atomic mass is 19.1. The highest BCUT2D eigenvalue weighted by molar-refractivity contribution is 5.59. The van der Waals surface area contributed by atoms with Crippen LogP contribution in [-0.4, -0.2) is 19.7 Å². The molecule has 18 heavy (non-hydrogen) atoms. The van der Waals surface area contributed by atoms with Gasteiger partial charge in [0.2, 0.25) is 0 Å². The maximum atomic E-state index is 13.3. The molecular formula is C11H11FN4O2. The largest absolute Gasteiger partial charge is 0.314 e. The van der Waals surface area contributed by atoms with Crippen molar-refractivity contribution in [1.82, 2.24) is 14.8 Å². The Hall–Kier alpha value is -2.31. The molecule has 0 fully saturated rings. The van der Waals surface area contributed by atoms with Crippen LogP contribution in [0.2, 0.25) is 0 Å². The predicted octanol–water partition coefficient (Wildman–Crippen LogP) is 2.40. The fourth-order valence-electron chi connectivity index (χ4n) is 1.69. The lowest BCUT2D eigenvalue weighted by Crippen LogP contribution is -1.99. The number of aryl methyl sites for hydroxylation is 1. The molecule has 0 bridgehead atoms. The molecule has 0 atom stereocenters. The van der Waals surface area contributed by atoms with Crippen LogP contribution < -0.4 is 0 Å². The molecule has 0 saturated carbocycles. The number of nitro benzene ring substituents is 1. The summed E-state index contributed by atoms with van der Waals surface area (Å²) >= 11 is 0. The summed E-state index contributed by atoms with van der Waals surface area (Å²) in [7, 11) is 0. The highest BCUT2D eigenvalue weighted by Crippen LogP contribution is 2.24. The third-order valence-electron chi connectivity index (χ3n) is 2.43. The van der Waals surface area contributed by atoms with Crippen molar-refractivity contribution in [3.8, 4) is 11.4 Å². The zero-order valence-corrected chi connectivity index (χ0v) is 9.71. The van der Waals surface area contributed by atoms with E-state index in [9.17, 15) is 14.5 Å². The summed E-state index contributed by atoms with van der Waals surface area (Å²) in [6, 6.07) is 3.38. The summed E-state index contributed by atoms with van der Waals surface area (Å²) in [4.78, 5) is 10.0. The van der Waals surface area contributed by atoms with Gasteiger partial charge in [0, 0.05) is 18.2 Å². The molecule has 2 aromatic rings. The van der Waals surface area contributed by atoms with E-state index in [2.05, 4.69) is 10.2 Å². The number of benzene rings is 1. The molecule has 7 heteroatoms. The molecule has 0 aliphatic carbocycles. The molecule has 0 aliphatic rings. The molecule has 6 nitrogen and oxygen atoms in total. The van der Waals surface area contributed by atoms with Crippen LogP contribution in [0.25, 0.3) is 11.4 Å². The lowest BCUT2D eigenvalue weighted by molar-refractivity contribution is -0.385. The lowest BCUT2D eigenvalue weighted by atomic mass is 10.2. The second-order valence-corrected chi connectivity index (χ2v) is 3.80. The topological polar surface area (TPSA) is 73.8 Å². The van der Waals surface area contributed by atoms with Crippen molar-refractivity contribution >= 4 is 5.69 Å². The van der Waals surface area contributed by atoms with E-state index >= 15 is 0 Å². The van der Waals surface area contributed by atoms with E-state index in [-0.39, 0.29) is 5.69 Å². The van der Waals surface area contributed by atoms with Gasteiger partial charge in [0.1, 0.15) is 12.1 Å². The van der Waals surface area contributed by atoms with Crippen molar-refractivity contribution in [1.29, 1.82) is 0 Å². The minimum absolute atomic E-state index is 0.295. The molecule has 0 N–H and O–H groups in total. The van der Waals surface area contributed by atoms with Gasteiger partial charge in [-0.25, -0.2) is 4.39 Å². The Balaban J connectivity index is 2.49. The molecule has 0 aliphatic heterocycles. The molecule has 0 radical (unpaired) electrons. The van der Waals surface area contributed by atoms with Crippen LogP contribution in [0.1, 0.15) is 13.3 Å². The van der Waals surface area contributed by atoms with Crippen LogP contribution in [0, 0.1) is 15.9 Å². The Morgan fingerprint density at radius 1 is 1.44 bits per heavy atom. The van der Waals surface area contributed by atoms with Crippen molar-refractivity contribution in [3.63, 3.8) is 0 Å². The van der Waals surface area contributed by atoms with Crippen molar-refractivity contribution in [3.05, 3.63) is 40.5 Å². The third kappa shape index (κ3) is 2.34. The third-order valence-corrected chi connectivity index (χ3v) is 2.43. The van der Waals surface area contributed by atoms with Crippen molar-refractivity contribution in [2.24, 2.45) is 0 Å². The number of aromatic nitrogens is 3. The van der Waals surface area contributed by atoms with Crippen molar-refractivity contribution in [2.75, 3.05) is 0 Å². The van der Waals surface area contributed by atoms with Crippen LogP contribution >= 0.6 is 0 Å². The van der Waals surface area contributed by atoms with E-state index in [1.165, 1.54) is 18.5 Å². The summed E-state index contributed by atoms with van der Waals surface area (Å²) in [5.74, 6) is -0.232. The molecule has 2 rings (SSSR count). The molecule has 0 amide bonds. The van der Waals surface area contributed by atoms with E-state index in [4.69, 9.17) is 0 Å². The van der Waals surface area contributed by atoms with Gasteiger partial charge in [-0.2, -0.15) is 0 Å². The van der Waals surface area contributed by atoms with E-state index in [0.717, 1.165) is 12.5 Å². The van der Waals surface area contributed by atoms with Gasteiger partial charge < -0.3 is 4.57 Å². The van der Waals surface area contributed by atoms with Crippen LogP contribution in [0.5, 0.6) is 0 Å². The van der Waals surface area contributed by atoms with Gasteiger partial charge in [0.05, 0.1) is 11.0 Å². The first-order valence-electron chi connectivity index (χ1n) is 5.45. The quantitative estimate of drug-likeness (QED) is 0.616. The molecule has 1 aromatic heterocycles. The Kier molecular flexibility index (Phi) is 3.31. The molecule has 0 spiro atoms. The molecule has 0 unspecified atom stereocenters. The average molecular weight is 250 g/mol. The Morgan fingerprint density at radius 3 is 2.89 bits per heavy atom. The summed E-state index contributed by atoms with van der Waals surface area (Å²) in [5.41, 5.74) is 0.0590. The Labute approximate surface area is 102 Å². The second-order valence-electron chi connectivity index (χ2n) is 3.80. The van der Waals surface area contributed by atoms with Crippen LogP contribution in [0.4, 0.5) is 10.1 Å². The minimum atomic E-state index is -0.662. The highest BCUT2D eigenvalue weighted by Gasteiger charge is 2.14. The lowest BCUT2D eigenvalue weighted by Gasteiger charge is -2.04. The number of nitrogens with zero attached hydrogens (tertiary/aromatic N) is 4. The second kappa shape index (κ2) is 4.91. The van der Waals surface area contributed by atoms with Crippen molar-refractivity contribution in [2.45, 2.75) is 19.9 Å². The van der Waals surface area contributed by atoms with Crippen molar-refractivity contribution < 1.29 is 9.31 Å². The number of hydrogen-bond donors (Lipinski definition) is 0. The van der Waals surface area contributed by atoms with E-state index in [1.807, 2.05) is 6.92 Å². The van der Waals surface area contributed by atoms with Crippen LogP contribution in [0.3, 0.4) is 0 Å². The predicted molar refractivity (Wildman–Crippen MR) is 62.4 cm³/mol. The van der Waals surface area contributed by atoms with E-state index in [0.29, 0.717) is 17.9 Å². The fourth-order valence-corrected chi connectivity index (χ4v) is 1.69. The zero-order valence-electron chi connectivity index (χ0n) is 9.71. The Bertz CT molecular complexity index is 582. The van der Waals surface area contributed by atoms with Gasteiger partial charge in [-0.3, -0.25) is 10.1 Å². The van der Waals surface area contributed by atoms with Gasteiger partial charge in [-0.05, 0) is 12.5 Å². The summed E-state index contributed by atoms with van der Waals surface area (Å²) in [6.07, 6.45) is 2.39. The van der Waals surface area contributed by atoms with Crippen LogP contribution in [0.15, 0.2) is 24.5 Å². The summed E-state index contributed by atoms with van der Waals surface area (Å²) in [6.45, 7) is 2.66. The molecule has 1 aromatic carbocycles. The fraction of sp³-hybridized carbons (Fsp3) is 0.273. The van der Waals surface area contributed by atoms with E-state index in [1.54, 1.807) is 4.57 Å². The number of nitro groups is 1. The Morgan fingerprint density at radius 2 is 2.22 bits per heavy atom. The number of non-ortho nitro benzene ring substituents is 1. The molecular weight excluding hydrogens is 239 g/mol. The number of halogens is 1. The first-order valence-corrected chi connectivity index (χ1v) is 5.45. The first kappa shape index (κ1) is 12.2. The van der Waals surface area contributed by atoms with Gasteiger partial charge in [0.25, 0.3) is 5.69 Å². The maximum absolute atomic E-state index is 13.3. The zero-order chi connectivity index (χ0) is 13.1. The smallest absolute Gasteiger partial charge is 0.273 e. The summed E-state index contributed by atoms with van der Waals surface area (Å²) < 4.78 is 15.1. The van der Waals surface area contributed by atoms with Crippen LogP contribution in [-0.2, 0) is 6.54 Å². The van der Waals surface area contributed by atoms with Gasteiger partial charge >= 0.3 is 0 Å². The maximum Gasteiger partial charge on any atom is 0.273 e. The molecule has 94 valence electrons. The average Bonchev–Trinajstić information content (AvgIpc) is 2.77. The number of rotatable bonds is 4.